The Labute approximate surface area is 133 Å². The van der Waals surface area contributed by atoms with E-state index in [2.05, 4.69) is 9.88 Å². The van der Waals surface area contributed by atoms with E-state index >= 15 is 0 Å². The van der Waals surface area contributed by atoms with Gasteiger partial charge in [-0.1, -0.05) is 18.2 Å². The van der Waals surface area contributed by atoms with Crippen LogP contribution in [0.25, 0.3) is 5.65 Å². The van der Waals surface area contributed by atoms with Crippen molar-refractivity contribution in [3.63, 3.8) is 0 Å². The maximum atomic E-state index is 13.5. The number of hydrogen-bond donors (Lipinski definition) is 1. The molecule has 0 bridgehead atoms. The molecule has 0 spiro atoms. The molecule has 118 valence electrons. The Kier molecular flexibility index (Phi) is 3.59. The highest BCUT2D eigenvalue weighted by Gasteiger charge is 2.32. The molecule has 0 aliphatic carbocycles. The molecule has 0 radical (unpaired) electrons. The van der Waals surface area contributed by atoms with Crippen molar-refractivity contribution in [1.82, 2.24) is 14.3 Å². The molecule has 2 atom stereocenters. The highest BCUT2D eigenvalue weighted by Crippen LogP contribution is 2.33. The van der Waals surface area contributed by atoms with Crippen LogP contribution in [-0.4, -0.2) is 32.0 Å². The van der Waals surface area contributed by atoms with E-state index in [1.54, 1.807) is 12.1 Å². The van der Waals surface area contributed by atoms with Crippen molar-refractivity contribution < 1.29 is 9.50 Å². The summed E-state index contributed by atoms with van der Waals surface area (Å²) in [5.41, 5.74) is 2.77. The van der Waals surface area contributed by atoms with Gasteiger partial charge in [-0.2, -0.15) is 0 Å². The molecule has 3 heterocycles. The topological polar surface area (TPSA) is 40.8 Å². The van der Waals surface area contributed by atoms with Crippen LogP contribution in [0, 0.1) is 5.82 Å². The maximum Gasteiger partial charge on any atom is 0.137 e. The van der Waals surface area contributed by atoms with Crippen LogP contribution in [0.5, 0.6) is 0 Å². The third-order valence-electron chi connectivity index (χ3n) is 4.39. The Hall–Kier alpha value is -2.24. The molecule has 3 aromatic rings. The van der Waals surface area contributed by atoms with Gasteiger partial charge in [-0.15, -0.1) is 0 Å². The normalized spacial score (nSPS) is 22.0. The molecule has 0 saturated carbocycles. The summed E-state index contributed by atoms with van der Waals surface area (Å²) in [7, 11) is 0. The number of fused-ring (bicyclic) bond motifs is 1. The Balaban J connectivity index is 1.61. The number of imidazole rings is 1. The van der Waals surface area contributed by atoms with Gasteiger partial charge in [0.05, 0.1) is 11.8 Å². The predicted molar refractivity (Wildman–Crippen MR) is 85.4 cm³/mol. The Morgan fingerprint density at radius 1 is 1.22 bits per heavy atom. The molecule has 0 unspecified atom stereocenters. The molecule has 23 heavy (non-hydrogen) atoms. The molecule has 2 aromatic heterocycles. The van der Waals surface area contributed by atoms with E-state index in [4.69, 9.17) is 0 Å². The Bertz CT molecular complexity index is 799. The molecule has 1 aromatic carbocycles. The number of β-amino-alcohol motifs (C(OH)–C–C–N with tert-alkyl or cyclic N) is 1. The van der Waals surface area contributed by atoms with E-state index < -0.39 is 0 Å². The second kappa shape index (κ2) is 5.76. The van der Waals surface area contributed by atoms with Gasteiger partial charge in [-0.25, -0.2) is 9.37 Å². The van der Waals surface area contributed by atoms with Crippen molar-refractivity contribution in [2.24, 2.45) is 0 Å². The minimum absolute atomic E-state index is 0.0190. The lowest BCUT2D eigenvalue weighted by atomic mass is 10.0. The van der Waals surface area contributed by atoms with Crippen LogP contribution in [0.3, 0.4) is 0 Å². The van der Waals surface area contributed by atoms with Crippen LogP contribution in [0.1, 0.15) is 23.7 Å². The van der Waals surface area contributed by atoms with E-state index in [0.29, 0.717) is 19.5 Å². The molecular weight excluding hydrogens is 293 g/mol. The van der Waals surface area contributed by atoms with Crippen LogP contribution in [0.4, 0.5) is 4.39 Å². The fourth-order valence-electron chi connectivity index (χ4n) is 3.39. The zero-order valence-corrected chi connectivity index (χ0v) is 12.6. The number of nitrogens with zero attached hydrogens (tertiary/aromatic N) is 3. The Morgan fingerprint density at radius 3 is 2.96 bits per heavy atom. The van der Waals surface area contributed by atoms with Crippen molar-refractivity contribution in [2.45, 2.75) is 25.1 Å². The third kappa shape index (κ3) is 2.85. The number of aliphatic hydroxyl groups excluding tert-OH is 1. The number of aromatic nitrogens is 2. The van der Waals surface area contributed by atoms with Crippen LogP contribution < -0.4 is 0 Å². The minimum Gasteiger partial charge on any atom is -0.392 e. The van der Waals surface area contributed by atoms with Crippen molar-refractivity contribution >= 4 is 5.65 Å². The number of aliphatic hydroxyl groups is 1. The van der Waals surface area contributed by atoms with Gasteiger partial charge in [0.15, 0.2) is 0 Å². The van der Waals surface area contributed by atoms with E-state index in [1.165, 1.54) is 6.07 Å². The molecular formula is C18H18FN3O. The number of rotatable bonds is 3. The lowest BCUT2D eigenvalue weighted by Gasteiger charge is -2.23. The van der Waals surface area contributed by atoms with Crippen LogP contribution in [0.2, 0.25) is 0 Å². The smallest absolute Gasteiger partial charge is 0.137 e. The van der Waals surface area contributed by atoms with Gasteiger partial charge < -0.3 is 9.51 Å². The summed E-state index contributed by atoms with van der Waals surface area (Å²) >= 11 is 0. The molecule has 4 rings (SSSR count). The summed E-state index contributed by atoms with van der Waals surface area (Å²) in [4.78, 5) is 6.78. The molecule has 1 aliphatic rings. The zero-order valence-electron chi connectivity index (χ0n) is 12.6. The maximum absolute atomic E-state index is 13.5. The molecule has 1 aliphatic heterocycles. The number of pyridine rings is 1. The van der Waals surface area contributed by atoms with Gasteiger partial charge in [0.2, 0.25) is 0 Å². The quantitative estimate of drug-likeness (QED) is 0.808. The first-order chi connectivity index (χ1) is 11.2. The highest BCUT2D eigenvalue weighted by molar-refractivity contribution is 5.39. The van der Waals surface area contributed by atoms with Crippen LogP contribution in [-0.2, 0) is 6.54 Å². The second-order valence-corrected chi connectivity index (χ2v) is 6.09. The van der Waals surface area contributed by atoms with Crippen molar-refractivity contribution in [1.29, 1.82) is 0 Å². The monoisotopic (exact) mass is 311 g/mol. The fraction of sp³-hybridized carbons (Fsp3) is 0.278. The predicted octanol–water partition coefficient (Wildman–Crippen LogP) is 2.78. The van der Waals surface area contributed by atoms with Gasteiger partial charge in [0.25, 0.3) is 0 Å². The molecule has 1 saturated heterocycles. The zero-order chi connectivity index (χ0) is 15.8. The summed E-state index contributed by atoms with van der Waals surface area (Å²) in [6.45, 7) is 1.22. The van der Waals surface area contributed by atoms with E-state index in [0.717, 1.165) is 16.9 Å². The van der Waals surface area contributed by atoms with Crippen LogP contribution >= 0.6 is 0 Å². The number of benzene rings is 1. The third-order valence-corrected chi connectivity index (χ3v) is 4.39. The minimum atomic E-state index is -0.389. The molecule has 4 nitrogen and oxygen atoms in total. The molecule has 0 amide bonds. The standard InChI is InChI=1S/C18H18FN3O/c19-14-5-3-4-13(8-14)17-9-16(23)12-22(17)11-15-10-21-7-2-1-6-18(21)20-15/h1-8,10,16-17,23H,9,11-12H2/t16-,17-/m1/s1. The first-order valence-corrected chi connectivity index (χ1v) is 7.79. The first kappa shape index (κ1) is 14.4. The van der Waals surface area contributed by atoms with Crippen molar-refractivity contribution in [2.75, 3.05) is 6.54 Å². The molecule has 1 N–H and O–H groups in total. The van der Waals surface area contributed by atoms with Gasteiger partial charge in [-0.3, -0.25) is 4.90 Å². The summed E-state index contributed by atoms with van der Waals surface area (Å²) in [5, 5.41) is 10.1. The fourth-order valence-corrected chi connectivity index (χ4v) is 3.39. The largest absolute Gasteiger partial charge is 0.392 e. The molecule has 5 heteroatoms. The average molecular weight is 311 g/mol. The lowest BCUT2D eigenvalue weighted by molar-refractivity contribution is 0.172. The second-order valence-electron chi connectivity index (χ2n) is 6.09. The Morgan fingerprint density at radius 2 is 2.13 bits per heavy atom. The lowest BCUT2D eigenvalue weighted by Crippen LogP contribution is -2.24. The summed E-state index contributed by atoms with van der Waals surface area (Å²) in [6, 6.07) is 12.5. The average Bonchev–Trinajstić information content (AvgIpc) is 3.10. The van der Waals surface area contributed by atoms with Gasteiger partial charge in [0.1, 0.15) is 11.5 Å². The first-order valence-electron chi connectivity index (χ1n) is 7.79. The van der Waals surface area contributed by atoms with Crippen molar-refractivity contribution in [3.05, 3.63) is 71.9 Å². The van der Waals surface area contributed by atoms with E-state index in [1.807, 2.05) is 41.1 Å². The van der Waals surface area contributed by atoms with E-state index in [-0.39, 0.29) is 18.0 Å². The van der Waals surface area contributed by atoms with Crippen molar-refractivity contribution in [3.8, 4) is 0 Å². The van der Waals surface area contributed by atoms with Gasteiger partial charge in [-0.05, 0) is 36.2 Å². The summed E-state index contributed by atoms with van der Waals surface area (Å²) in [5.74, 6) is -0.239. The summed E-state index contributed by atoms with van der Waals surface area (Å²) < 4.78 is 15.5. The SMILES string of the molecule is O[C@@H]1C[C@H](c2cccc(F)c2)N(Cc2cn3ccccc3n2)C1. The number of hydrogen-bond acceptors (Lipinski definition) is 3. The van der Waals surface area contributed by atoms with E-state index in [9.17, 15) is 9.50 Å². The number of halogens is 1. The van der Waals surface area contributed by atoms with Gasteiger partial charge >= 0.3 is 0 Å². The van der Waals surface area contributed by atoms with Gasteiger partial charge in [0, 0.05) is 31.5 Å². The molecule has 1 fully saturated rings. The van der Waals surface area contributed by atoms with Crippen LogP contribution in [0.15, 0.2) is 54.9 Å². The highest BCUT2D eigenvalue weighted by atomic mass is 19.1. The summed E-state index contributed by atoms with van der Waals surface area (Å²) in [6.07, 6.45) is 4.20. The number of likely N-dealkylation sites (tertiary alicyclic amines) is 1.